The van der Waals surface area contributed by atoms with Crippen molar-refractivity contribution in [2.75, 3.05) is 7.11 Å². The molecule has 0 fully saturated rings. The third-order valence-electron chi connectivity index (χ3n) is 3.00. The number of aromatic nitrogens is 2. The Hall–Kier alpha value is -2.13. The molecule has 0 bridgehead atoms. The number of rotatable bonds is 3. The highest BCUT2D eigenvalue weighted by Gasteiger charge is 2.07. The number of nitrogens with one attached hydrogen (secondary N) is 1. The average Bonchev–Trinajstić information content (AvgIpc) is 2.83. The lowest BCUT2D eigenvalue weighted by Crippen LogP contribution is -1.91. The first-order valence-corrected chi connectivity index (χ1v) is 5.89. The lowest BCUT2D eigenvalue weighted by Gasteiger charge is -2.06. The topological polar surface area (TPSA) is 37.9 Å². The summed E-state index contributed by atoms with van der Waals surface area (Å²) >= 11 is 0. The minimum absolute atomic E-state index is 0.610. The molecule has 0 unspecified atom stereocenters. The molecule has 0 aliphatic heterocycles. The van der Waals surface area contributed by atoms with Gasteiger partial charge in [0.25, 0.3) is 0 Å². The molecule has 0 radical (unpaired) electrons. The van der Waals surface area contributed by atoms with Crippen molar-refractivity contribution in [1.29, 1.82) is 0 Å². The van der Waals surface area contributed by atoms with Gasteiger partial charge in [-0.15, -0.1) is 0 Å². The quantitative estimate of drug-likeness (QED) is 0.759. The molecule has 2 heterocycles. The van der Waals surface area contributed by atoms with Crippen molar-refractivity contribution in [3.05, 3.63) is 54.2 Å². The van der Waals surface area contributed by atoms with Gasteiger partial charge in [0, 0.05) is 30.0 Å². The molecule has 0 aliphatic carbocycles. The van der Waals surface area contributed by atoms with E-state index in [1.807, 2.05) is 18.2 Å². The van der Waals surface area contributed by atoms with E-state index in [1.54, 1.807) is 13.3 Å². The SMILES string of the molecule is COCc1ccccc1-c1cc2cccnc2[nH]1. The second-order valence-electron chi connectivity index (χ2n) is 4.21. The van der Waals surface area contributed by atoms with Crippen LogP contribution in [0, 0.1) is 0 Å². The van der Waals surface area contributed by atoms with Gasteiger partial charge >= 0.3 is 0 Å². The van der Waals surface area contributed by atoms with Crippen molar-refractivity contribution in [2.45, 2.75) is 6.61 Å². The number of methoxy groups -OCH3 is 1. The second kappa shape index (κ2) is 4.63. The number of hydrogen-bond donors (Lipinski definition) is 1. The third kappa shape index (κ3) is 1.89. The van der Waals surface area contributed by atoms with Gasteiger partial charge in [0.2, 0.25) is 0 Å². The largest absolute Gasteiger partial charge is 0.380 e. The average molecular weight is 238 g/mol. The zero-order chi connectivity index (χ0) is 12.4. The van der Waals surface area contributed by atoms with Crippen molar-refractivity contribution < 1.29 is 4.74 Å². The van der Waals surface area contributed by atoms with Gasteiger partial charge in [0.1, 0.15) is 5.65 Å². The van der Waals surface area contributed by atoms with Crippen molar-refractivity contribution in [3.8, 4) is 11.3 Å². The minimum atomic E-state index is 0.610. The highest BCUT2D eigenvalue weighted by Crippen LogP contribution is 2.26. The van der Waals surface area contributed by atoms with Gasteiger partial charge in [0.15, 0.2) is 0 Å². The van der Waals surface area contributed by atoms with Crippen LogP contribution in [0.1, 0.15) is 5.56 Å². The van der Waals surface area contributed by atoms with Gasteiger partial charge in [0.05, 0.1) is 6.61 Å². The molecule has 1 aromatic carbocycles. The number of hydrogen-bond acceptors (Lipinski definition) is 2. The molecule has 2 aromatic heterocycles. The Morgan fingerprint density at radius 1 is 1.17 bits per heavy atom. The first-order valence-electron chi connectivity index (χ1n) is 5.89. The normalized spacial score (nSPS) is 10.9. The Morgan fingerprint density at radius 2 is 2.06 bits per heavy atom. The van der Waals surface area contributed by atoms with Crippen LogP contribution in [0.3, 0.4) is 0 Å². The molecule has 3 rings (SSSR count). The first kappa shape index (κ1) is 11.0. The van der Waals surface area contributed by atoms with Crippen molar-refractivity contribution >= 4 is 11.0 Å². The van der Waals surface area contributed by atoms with E-state index < -0.39 is 0 Å². The highest BCUT2D eigenvalue weighted by atomic mass is 16.5. The third-order valence-corrected chi connectivity index (χ3v) is 3.00. The molecule has 0 atom stereocenters. The predicted molar refractivity (Wildman–Crippen MR) is 72.2 cm³/mol. The lowest BCUT2D eigenvalue weighted by molar-refractivity contribution is 0.185. The van der Waals surface area contributed by atoms with E-state index in [4.69, 9.17) is 4.74 Å². The summed E-state index contributed by atoms with van der Waals surface area (Å²) in [4.78, 5) is 7.66. The molecule has 18 heavy (non-hydrogen) atoms. The van der Waals surface area contributed by atoms with E-state index in [9.17, 15) is 0 Å². The van der Waals surface area contributed by atoms with E-state index in [0.717, 1.165) is 22.3 Å². The Morgan fingerprint density at radius 3 is 2.89 bits per heavy atom. The maximum atomic E-state index is 5.23. The maximum absolute atomic E-state index is 5.23. The molecule has 0 saturated carbocycles. The standard InChI is InChI=1S/C15H14N2O/c1-18-10-12-5-2-3-7-13(12)14-9-11-6-4-8-16-15(11)17-14/h2-9H,10H2,1H3,(H,16,17). The fraction of sp³-hybridized carbons (Fsp3) is 0.133. The number of pyridine rings is 1. The first-order chi connectivity index (χ1) is 8.88. The fourth-order valence-electron chi connectivity index (χ4n) is 2.17. The highest BCUT2D eigenvalue weighted by molar-refractivity contribution is 5.83. The summed E-state index contributed by atoms with van der Waals surface area (Å²) in [5, 5.41) is 1.12. The predicted octanol–water partition coefficient (Wildman–Crippen LogP) is 3.38. The summed E-state index contributed by atoms with van der Waals surface area (Å²) in [7, 11) is 1.71. The molecular weight excluding hydrogens is 224 g/mol. The van der Waals surface area contributed by atoms with Gasteiger partial charge in [-0.2, -0.15) is 0 Å². The van der Waals surface area contributed by atoms with E-state index in [1.165, 1.54) is 5.56 Å². The smallest absolute Gasteiger partial charge is 0.137 e. The Balaban J connectivity index is 2.13. The van der Waals surface area contributed by atoms with Crippen molar-refractivity contribution in [3.63, 3.8) is 0 Å². The van der Waals surface area contributed by atoms with Crippen LogP contribution >= 0.6 is 0 Å². The molecule has 3 nitrogen and oxygen atoms in total. The van der Waals surface area contributed by atoms with Crippen LogP contribution in [0.15, 0.2) is 48.7 Å². The second-order valence-corrected chi connectivity index (χ2v) is 4.21. The Bertz CT molecular complexity index is 640. The summed E-state index contributed by atoms with van der Waals surface area (Å²) in [5.74, 6) is 0. The summed E-state index contributed by atoms with van der Waals surface area (Å²) in [6.07, 6.45) is 1.80. The van der Waals surface area contributed by atoms with Crippen LogP contribution in [0.5, 0.6) is 0 Å². The van der Waals surface area contributed by atoms with Crippen molar-refractivity contribution in [2.24, 2.45) is 0 Å². The van der Waals surface area contributed by atoms with E-state index in [0.29, 0.717) is 6.61 Å². The number of benzene rings is 1. The summed E-state index contributed by atoms with van der Waals surface area (Å²) in [6, 6.07) is 14.4. The molecule has 1 N–H and O–H groups in total. The Kier molecular flexibility index (Phi) is 2.82. The summed E-state index contributed by atoms with van der Waals surface area (Å²) in [5.41, 5.74) is 4.33. The molecule has 0 amide bonds. The van der Waals surface area contributed by atoms with Crippen LogP contribution in [0.4, 0.5) is 0 Å². The van der Waals surface area contributed by atoms with E-state index >= 15 is 0 Å². The lowest BCUT2D eigenvalue weighted by atomic mass is 10.1. The molecule has 3 heteroatoms. The molecular formula is C15H14N2O. The minimum Gasteiger partial charge on any atom is -0.380 e. The molecule has 90 valence electrons. The van der Waals surface area contributed by atoms with Crippen LogP contribution < -0.4 is 0 Å². The number of fused-ring (bicyclic) bond motifs is 1. The molecule has 3 aromatic rings. The van der Waals surface area contributed by atoms with Gasteiger partial charge < -0.3 is 9.72 Å². The van der Waals surface area contributed by atoms with Crippen LogP contribution in [0.2, 0.25) is 0 Å². The van der Waals surface area contributed by atoms with E-state index in [2.05, 4.69) is 34.2 Å². The fourth-order valence-corrected chi connectivity index (χ4v) is 2.17. The molecule has 0 saturated heterocycles. The summed E-state index contributed by atoms with van der Waals surface area (Å²) < 4.78 is 5.23. The number of aromatic amines is 1. The summed E-state index contributed by atoms with van der Waals surface area (Å²) in [6.45, 7) is 0.610. The van der Waals surface area contributed by atoms with Gasteiger partial charge in [-0.25, -0.2) is 4.98 Å². The van der Waals surface area contributed by atoms with Crippen LogP contribution in [0.25, 0.3) is 22.3 Å². The number of ether oxygens (including phenoxy) is 1. The molecule has 0 aliphatic rings. The van der Waals surface area contributed by atoms with Gasteiger partial charge in [-0.3, -0.25) is 0 Å². The Labute approximate surface area is 105 Å². The van der Waals surface area contributed by atoms with Crippen LogP contribution in [-0.2, 0) is 11.3 Å². The van der Waals surface area contributed by atoms with Gasteiger partial charge in [-0.1, -0.05) is 24.3 Å². The number of H-pyrrole nitrogens is 1. The van der Waals surface area contributed by atoms with E-state index in [-0.39, 0.29) is 0 Å². The number of nitrogens with zero attached hydrogens (tertiary/aromatic N) is 1. The van der Waals surface area contributed by atoms with Gasteiger partial charge in [-0.05, 0) is 23.8 Å². The zero-order valence-electron chi connectivity index (χ0n) is 10.2. The maximum Gasteiger partial charge on any atom is 0.137 e. The monoisotopic (exact) mass is 238 g/mol. The zero-order valence-corrected chi connectivity index (χ0v) is 10.2. The van der Waals surface area contributed by atoms with Crippen molar-refractivity contribution in [1.82, 2.24) is 9.97 Å². The molecule has 0 spiro atoms. The van der Waals surface area contributed by atoms with Crippen LogP contribution in [-0.4, -0.2) is 17.1 Å².